The minimum atomic E-state index is 0.00691. The number of hydrogen-bond donors (Lipinski definition) is 0. The Labute approximate surface area is 175 Å². The van der Waals surface area contributed by atoms with Crippen LogP contribution in [0.4, 0.5) is 0 Å². The second-order valence-corrected chi connectivity index (χ2v) is 7.17. The van der Waals surface area contributed by atoms with E-state index in [1.165, 1.54) is 0 Å². The van der Waals surface area contributed by atoms with Crippen LogP contribution in [-0.4, -0.2) is 46.0 Å². The highest BCUT2D eigenvalue weighted by Crippen LogP contribution is 2.14. The Kier molecular flexibility index (Phi) is 6.03. The summed E-state index contributed by atoms with van der Waals surface area (Å²) in [5.74, 6) is 0.856. The van der Waals surface area contributed by atoms with Gasteiger partial charge in [0.1, 0.15) is 11.3 Å². The molecular formula is C24H24N4O2. The van der Waals surface area contributed by atoms with Gasteiger partial charge in [-0.25, -0.2) is 4.68 Å². The topological polar surface area (TPSA) is 60.2 Å². The number of ether oxygens (including phenoxy) is 1. The molecule has 0 atom stereocenters. The Morgan fingerprint density at radius 3 is 2.50 bits per heavy atom. The number of hydrogen-bond acceptors (Lipinski definition) is 4. The highest BCUT2D eigenvalue weighted by molar-refractivity contribution is 5.94. The fourth-order valence-electron chi connectivity index (χ4n) is 3.29. The first-order valence-corrected chi connectivity index (χ1v) is 10.0. The molecule has 0 N–H and O–H groups in total. The third-order valence-electron chi connectivity index (χ3n) is 4.95. The van der Waals surface area contributed by atoms with Crippen LogP contribution in [0.15, 0.2) is 78.9 Å². The highest BCUT2D eigenvalue weighted by Gasteiger charge is 2.12. The van der Waals surface area contributed by atoms with Crippen LogP contribution in [0, 0.1) is 0 Å². The van der Waals surface area contributed by atoms with Gasteiger partial charge in [-0.15, -0.1) is 5.10 Å². The van der Waals surface area contributed by atoms with E-state index in [1.54, 1.807) is 4.90 Å². The molecule has 0 fully saturated rings. The lowest BCUT2D eigenvalue weighted by Gasteiger charge is -2.17. The van der Waals surface area contributed by atoms with Crippen molar-refractivity contribution in [3.05, 3.63) is 90.0 Å². The first kappa shape index (κ1) is 19.6. The summed E-state index contributed by atoms with van der Waals surface area (Å²) in [4.78, 5) is 14.4. The molecule has 0 saturated carbocycles. The largest absolute Gasteiger partial charge is 0.494 e. The van der Waals surface area contributed by atoms with Crippen LogP contribution in [0.2, 0.25) is 0 Å². The van der Waals surface area contributed by atoms with Gasteiger partial charge in [-0.3, -0.25) is 4.79 Å². The zero-order valence-corrected chi connectivity index (χ0v) is 16.9. The van der Waals surface area contributed by atoms with Gasteiger partial charge in [-0.1, -0.05) is 47.7 Å². The summed E-state index contributed by atoms with van der Waals surface area (Å²) in [5.41, 5.74) is 3.62. The Balaban J connectivity index is 1.30. The van der Waals surface area contributed by atoms with Crippen LogP contribution in [0.25, 0.3) is 11.0 Å². The lowest BCUT2D eigenvalue weighted by atomic mass is 10.1. The van der Waals surface area contributed by atoms with E-state index in [9.17, 15) is 4.79 Å². The van der Waals surface area contributed by atoms with Crippen LogP contribution < -0.4 is 4.74 Å². The molecule has 1 heterocycles. The summed E-state index contributed by atoms with van der Waals surface area (Å²) in [6.07, 6.45) is 0.772. The first-order valence-electron chi connectivity index (χ1n) is 10.0. The summed E-state index contributed by atoms with van der Waals surface area (Å²) in [5, 5.41) is 8.40. The maximum absolute atomic E-state index is 12.7. The molecule has 0 radical (unpaired) electrons. The molecule has 30 heavy (non-hydrogen) atoms. The van der Waals surface area contributed by atoms with Crippen molar-refractivity contribution in [1.82, 2.24) is 19.9 Å². The second-order valence-electron chi connectivity index (χ2n) is 7.17. The zero-order valence-electron chi connectivity index (χ0n) is 16.9. The standard InChI is InChI=1S/C24H24N4O2/c1-27(16-7-17-30-21-8-3-2-4-9-21)24(29)20-14-12-19(13-15-20)18-28-23-11-6-5-10-22(23)25-26-28/h2-6,8-15H,7,16-18H2,1H3. The number of carbonyl (C=O) groups is 1. The van der Waals surface area contributed by atoms with Crippen LogP contribution in [0.5, 0.6) is 5.75 Å². The van der Waals surface area contributed by atoms with Gasteiger partial charge in [0.05, 0.1) is 18.7 Å². The van der Waals surface area contributed by atoms with Crippen molar-refractivity contribution in [3.8, 4) is 5.75 Å². The SMILES string of the molecule is CN(CCCOc1ccccc1)C(=O)c1ccc(Cn2nnc3ccccc32)cc1. The van der Waals surface area contributed by atoms with Crippen LogP contribution >= 0.6 is 0 Å². The predicted molar refractivity (Wildman–Crippen MR) is 117 cm³/mol. The molecule has 0 spiro atoms. The van der Waals surface area contributed by atoms with Gasteiger partial charge in [0, 0.05) is 19.2 Å². The summed E-state index contributed by atoms with van der Waals surface area (Å²) < 4.78 is 7.55. The molecular weight excluding hydrogens is 376 g/mol. The summed E-state index contributed by atoms with van der Waals surface area (Å²) in [7, 11) is 1.82. The minimum Gasteiger partial charge on any atom is -0.494 e. The Morgan fingerprint density at radius 1 is 0.967 bits per heavy atom. The molecule has 0 aliphatic rings. The van der Waals surface area contributed by atoms with Crippen molar-refractivity contribution in [3.63, 3.8) is 0 Å². The highest BCUT2D eigenvalue weighted by atomic mass is 16.5. The molecule has 0 aliphatic carbocycles. The van der Waals surface area contributed by atoms with E-state index in [0.29, 0.717) is 25.3 Å². The van der Waals surface area contributed by atoms with Crippen molar-refractivity contribution in [2.24, 2.45) is 0 Å². The molecule has 1 aromatic heterocycles. The van der Waals surface area contributed by atoms with Crippen molar-refractivity contribution in [1.29, 1.82) is 0 Å². The van der Waals surface area contributed by atoms with Crippen molar-refractivity contribution in [2.45, 2.75) is 13.0 Å². The summed E-state index contributed by atoms with van der Waals surface area (Å²) in [6, 6.07) is 25.3. The van der Waals surface area contributed by atoms with Crippen molar-refractivity contribution >= 4 is 16.9 Å². The Hall–Kier alpha value is -3.67. The van der Waals surface area contributed by atoms with Gasteiger partial charge in [0.15, 0.2) is 0 Å². The lowest BCUT2D eigenvalue weighted by Crippen LogP contribution is -2.28. The first-order chi connectivity index (χ1) is 14.7. The molecule has 0 aliphatic heterocycles. The van der Waals surface area contributed by atoms with E-state index in [1.807, 2.05) is 90.6 Å². The third kappa shape index (κ3) is 4.66. The quantitative estimate of drug-likeness (QED) is 0.419. The van der Waals surface area contributed by atoms with E-state index in [0.717, 1.165) is 28.8 Å². The van der Waals surface area contributed by atoms with Crippen LogP contribution in [0.1, 0.15) is 22.3 Å². The molecule has 4 rings (SSSR count). The summed E-state index contributed by atoms with van der Waals surface area (Å²) >= 11 is 0. The molecule has 6 heteroatoms. The summed E-state index contributed by atoms with van der Waals surface area (Å²) in [6.45, 7) is 1.83. The minimum absolute atomic E-state index is 0.00691. The normalized spacial score (nSPS) is 10.8. The molecule has 4 aromatic rings. The lowest BCUT2D eigenvalue weighted by molar-refractivity contribution is 0.0788. The van der Waals surface area contributed by atoms with Gasteiger partial charge in [-0.2, -0.15) is 0 Å². The molecule has 1 amide bonds. The number of para-hydroxylation sites is 2. The number of amides is 1. The molecule has 0 saturated heterocycles. The monoisotopic (exact) mass is 400 g/mol. The molecule has 0 bridgehead atoms. The van der Waals surface area contributed by atoms with Gasteiger partial charge >= 0.3 is 0 Å². The maximum Gasteiger partial charge on any atom is 0.253 e. The number of rotatable bonds is 8. The van der Waals surface area contributed by atoms with Crippen LogP contribution in [-0.2, 0) is 6.54 Å². The molecule has 6 nitrogen and oxygen atoms in total. The number of fused-ring (bicyclic) bond motifs is 1. The smallest absolute Gasteiger partial charge is 0.253 e. The van der Waals surface area contributed by atoms with Gasteiger partial charge in [0.2, 0.25) is 0 Å². The van der Waals surface area contributed by atoms with E-state index in [4.69, 9.17) is 4.74 Å². The second kappa shape index (κ2) is 9.22. The van der Waals surface area contributed by atoms with E-state index in [-0.39, 0.29) is 5.91 Å². The molecule has 0 unspecified atom stereocenters. The average Bonchev–Trinajstić information content (AvgIpc) is 3.20. The van der Waals surface area contributed by atoms with Gasteiger partial charge in [-0.05, 0) is 48.4 Å². The van der Waals surface area contributed by atoms with Crippen LogP contribution in [0.3, 0.4) is 0 Å². The zero-order chi connectivity index (χ0) is 20.8. The third-order valence-corrected chi connectivity index (χ3v) is 4.95. The van der Waals surface area contributed by atoms with Gasteiger partial charge in [0.25, 0.3) is 5.91 Å². The number of benzene rings is 3. The average molecular weight is 400 g/mol. The fourth-order valence-corrected chi connectivity index (χ4v) is 3.29. The Morgan fingerprint density at radius 2 is 1.70 bits per heavy atom. The Bertz CT molecular complexity index is 1110. The van der Waals surface area contributed by atoms with E-state index >= 15 is 0 Å². The number of carbonyl (C=O) groups excluding carboxylic acids is 1. The maximum atomic E-state index is 12.7. The van der Waals surface area contributed by atoms with Crippen molar-refractivity contribution < 1.29 is 9.53 Å². The van der Waals surface area contributed by atoms with Crippen molar-refractivity contribution in [2.75, 3.05) is 20.2 Å². The van der Waals surface area contributed by atoms with Gasteiger partial charge < -0.3 is 9.64 Å². The van der Waals surface area contributed by atoms with E-state index in [2.05, 4.69) is 10.3 Å². The molecule has 3 aromatic carbocycles. The fraction of sp³-hybridized carbons (Fsp3) is 0.208. The molecule has 152 valence electrons. The number of aromatic nitrogens is 3. The van der Waals surface area contributed by atoms with E-state index < -0.39 is 0 Å². The number of nitrogens with zero attached hydrogens (tertiary/aromatic N) is 4. The predicted octanol–water partition coefficient (Wildman–Crippen LogP) is 4.02.